The quantitative estimate of drug-likeness (QED) is 0.698. The van der Waals surface area contributed by atoms with Crippen molar-refractivity contribution in [2.45, 2.75) is 13.0 Å². The molecule has 0 saturated carbocycles. The number of pyridine rings is 1. The van der Waals surface area contributed by atoms with Crippen molar-refractivity contribution in [2.24, 2.45) is 0 Å². The van der Waals surface area contributed by atoms with Crippen LogP contribution in [0.15, 0.2) is 54.9 Å². The van der Waals surface area contributed by atoms with Crippen molar-refractivity contribution in [1.82, 2.24) is 9.88 Å². The lowest BCUT2D eigenvalue weighted by Gasteiger charge is -2.37. The predicted octanol–water partition coefficient (Wildman–Crippen LogP) is 4.25. The third kappa shape index (κ3) is 6.93. The molecule has 2 heterocycles. The Hall–Kier alpha value is -1.04. The Labute approximate surface area is 175 Å². The Morgan fingerprint density at radius 3 is 2.12 bits per heavy atom. The first-order chi connectivity index (χ1) is 11.4. The minimum absolute atomic E-state index is 0. The van der Waals surface area contributed by atoms with E-state index in [0.717, 1.165) is 39.3 Å². The Bertz CT molecular complexity index is 581. The number of nitrogens with zero attached hydrogens (tertiary/aromatic N) is 3. The maximum absolute atomic E-state index is 5.98. The first-order valence-electron chi connectivity index (χ1n) is 8.40. The number of halogens is 3. The van der Waals surface area contributed by atoms with Crippen molar-refractivity contribution in [1.29, 1.82) is 0 Å². The van der Waals surface area contributed by atoms with Crippen LogP contribution < -0.4 is 4.90 Å². The highest BCUT2D eigenvalue weighted by Crippen LogP contribution is 2.21. The van der Waals surface area contributed by atoms with Gasteiger partial charge in [0.15, 0.2) is 0 Å². The normalized spacial score (nSPS) is 15.2. The van der Waals surface area contributed by atoms with Crippen LogP contribution >= 0.6 is 37.2 Å². The summed E-state index contributed by atoms with van der Waals surface area (Å²) < 4.78 is 5.98. The van der Waals surface area contributed by atoms with Crippen LogP contribution in [0.5, 0.6) is 0 Å². The molecule has 1 unspecified atom stereocenters. The number of ether oxygens (including phenoxy) is 1. The zero-order chi connectivity index (χ0) is 15.9. The summed E-state index contributed by atoms with van der Waals surface area (Å²) in [5.41, 5.74) is 2.54. The van der Waals surface area contributed by atoms with Gasteiger partial charge in [-0.1, -0.05) is 30.3 Å². The summed E-state index contributed by atoms with van der Waals surface area (Å²) in [6.07, 6.45) is 3.89. The second kappa shape index (κ2) is 13.2. The Kier molecular flexibility index (Phi) is 12.7. The lowest BCUT2D eigenvalue weighted by atomic mass is 10.1. The average Bonchev–Trinajstić information content (AvgIpc) is 2.63. The van der Waals surface area contributed by atoms with Gasteiger partial charge in [-0.25, -0.2) is 0 Å². The molecule has 146 valence electrons. The van der Waals surface area contributed by atoms with E-state index in [0.29, 0.717) is 0 Å². The second-order valence-electron chi connectivity index (χ2n) is 5.85. The predicted molar refractivity (Wildman–Crippen MR) is 115 cm³/mol. The number of piperazine rings is 1. The smallest absolute Gasteiger partial charge is 0.0951 e. The third-order valence-corrected chi connectivity index (χ3v) is 4.36. The molecule has 0 bridgehead atoms. The molecule has 3 rings (SSSR count). The van der Waals surface area contributed by atoms with E-state index in [1.54, 1.807) is 0 Å². The minimum atomic E-state index is 0. The SMILES string of the molecule is CCOC(CN1CCN(c2ccncc2)CC1)c1ccccc1.Cl.Cl.Cl. The lowest BCUT2D eigenvalue weighted by molar-refractivity contribution is 0.0311. The lowest BCUT2D eigenvalue weighted by Crippen LogP contribution is -2.47. The van der Waals surface area contributed by atoms with Crippen molar-refractivity contribution in [3.8, 4) is 0 Å². The summed E-state index contributed by atoms with van der Waals surface area (Å²) in [6.45, 7) is 8.02. The van der Waals surface area contributed by atoms with Crippen molar-refractivity contribution in [3.63, 3.8) is 0 Å². The average molecular weight is 421 g/mol. The second-order valence-corrected chi connectivity index (χ2v) is 5.85. The Morgan fingerprint density at radius 2 is 1.54 bits per heavy atom. The number of hydrogen-bond donors (Lipinski definition) is 0. The molecule has 0 amide bonds. The van der Waals surface area contributed by atoms with E-state index in [9.17, 15) is 0 Å². The van der Waals surface area contributed by atoms with E-state index in [2.05, 4.69) is 64.2 Å². The molecular formula is C19H28Cl3N3O. The van der Waals surface area contributed by atoms with Gasteiger partial charge in [0.1, 0.15) is 0 Å². The summed E-state index contributed by atoms with van der Waals surface area (Å²) in [6, 6.07) is 14.7. The van der Waals surface area contributed by atoms with Gasteiger partial charge in [-0.3, -0.25) is 9.88 Å². The zero-order valence-corrected chi connectivity index (χ0v) is 17.4. The molecule has 1 aromatic heterocycles. The Morgan fingerprint density at radius 1 is 0.923 bits per heavy atom. The highest BCUT2D eigenvalue weighted by molar-refractivity contribution is 5.86. The van der Waals surface area contributed by atoms with Crippen LogP contribution in [0.3, 0.4) is 0 Å². The van der Waals surface area contributed by atoms with E-state index >= 15 is 0 Å². The molecule has 0 spiro atoms. The number of anilines is 1. The number of aromatic nitrogens is 1. The van der Waals surface area contributed by atoms with Crippen LogP contribution in [0.2, 0.25) is 0 Å². The molecule has 1 aromatic carbocycles. The zero-order valence-electron chi connectivity index (χ0n) is 15.0. The van der Waals surface area contributed by atoms with Crippen LogP contribution in [0.4, 0.5) is 5.69 Å². The first-order valence-corrected chi connectivity index (χ1v) is 8.40. The molecule has 1 saturated heterocycles. The molecule has 1 aliphatic heterocycles. The van der Waals surface area contributed by atoms with Gasteiger partial charge in [-0.2, -0.15) is 0 Å². The van der Waals surface area contributed by atoms with Crippen molar-refractivity contribution >= 4 is 42.9 Å². The topological polar surface area (TPSA) is 28.6 Å². The minimum Gasteiger partial charge on any atom is -0.372 e. The van der Waals surface area contributed by atoms with Gasteiger partial charge >= 0.3 is 0 Å². The molecule has 26 heavy (non-hydrogen) atoms. The fraction of sp³-hybridized carbons (Fsp3) is 0.421. The van der Waals surface area contributed by atoms with Crippen molar-refractivity contribution in [2.75, 3.05) is 44.2 Å². The highest BCUT2D eigenvalue weighted by Gasteiger charge is 2.21. The number of benzene rings is 1. The van der Waals surface area contributed by atoms with Gasteiger partial charge in [-0.15, -0.1) is 37.2 Å². The summed E-state index contributed by atoms with van der Waals surface area (Å²) in [5, 5.41) is 0. The van der Waals surface area contributed by atoms with Gasteiger partial charge in [0.25, 0.3) is 0 Å². The van der Waals surface area contributed by atoms with Crippen LogP contribution in [0.25, 0.3) is 0 Å². The molecule has 2 aromatic rings. The summed E-state index contributed by atoms with van der Waals surface area (Å²) in [7, 11) is 0. The van der Waals surface area contributed by atoms with E-state index in [1.165, 1.54) is 11.3 Å². The number of rotatable bonds is 6. The molecular weight excluding hydrogens is 393 g/mol. The van der Waals surface area contributed by atoms with Crippen molar-refractivity contribution in [3.05, 3.63) is 60.4 Å². The monoisotopic (exact) mass is 419 g/mol. The first kappa shape index (κ1) is 25.0. The summed E-state index contributed by atoms with van der Waals surface area (Å²) >= 11 is 0. The molecule has 7 heteroatoms. The van der Waals surface area contributed by atoms with Crippen LogP contribution in [-0.2, 0) is 4.74 Å². The summed E-state index contributed by atoms with van der Waals surface area (Å²) in [4.78, 5) is 9.03. The maximum Gasteiger partial charge on any atom is 0.0951 e. The summed E-state index contributed by atoms with van der Waals surface area (Å²) in [5.74, 6) is 0. The van der Waals surface area contributed by atoms with E-state index in [1.807, 2.05) is 12.4 Å². The highest BCUT2D eigenvalue weighted by atomic mass is 35.5. The van der Waals surface area contributed by atoms with Crippen LogP contribution in [0.1, 0.15) is 18.6 Å². The van der Waals surface area contributed by atoms with Gasteiger partial charge in [0.2, 0.25) is 0 Å². The van der Waals surface area contributed by atoms with Gasteiger partial charge in [0, 0.05) is 57.4 Å². The molecule has 0 radical (unpaired) electrons. The molecule has 1 fully saturated rings. The largest absolute Gasteiger partial charge is 0.372 e. The van der Waals surface area contributed by atoms with E-state index in [4.69, 9.17) is 4.74 Å². The van der Waals surface area contributed by atoms with Crippen LogP contribution in [0, 0.1) is 0 Å². The standard InChI is InChI=1S/C19H25N3O.3ClH/c1-2-23-19(17-6-4-3-5-7-17)16-21-12-14-22(15-13-21)18-8-10-20-11-9-18;;;/h3-11,19H,2,12-16H2,1H3;3*1H. The van der Waals surface area contributed by atoms with Crippen molar-refractivity contribution < 1.29 is 4.74 Å². The fourth-order valence-corrected chi connectivity index (χ4v) is 3.10. The molecule has 0 aliphatic carbocycles. The van der Waals surface area contributed by atoms with Gasteiger partial charge in [0.05, 0.1) is 6.10 Å². The van der Waals surface area contributed by atoms with E-state index in [-0.39, 0.29) is 43.3 Å². The maximum atomic E-state index is 5.98. The molecule has 1 atom stereocenters. The molecule has 1 aliphatic rings. The van der Waals surface area contributed by atoms with Gasteiger partial charge in [-0.05, 0) is 24.6 Å². The van der Waals surface area contributed by atoms with Gasteiger partial charge < -0.3 is 9.64 Å². The van der Waals surface area contributed by atoms with E-state index < -0.39 is 0 Å². The number of hydrogen-bond acceptors (Lipinski definition) is 4. The third-order valence-electron chi connectivity index (χ3n) is 4.36. The fourth-order valence-electron chi connectivity index (χ4n) is 3.10. The molecule has 0 N–H and O–H groups in total. The molecule has 4 nitrogen and oxygen atoms in total. The van der Waals surface area contributed by atoms with Crippen LogP contribution in [-0.4, -0.2) is 49.2 Å². The Balaban J connectivity index is 0.00000208.